The Hall–Kier alpha value is -3.12. The minimum absolute atomic E-state index is 0.0535. The monoisotopic (exact) mass is 378 g/mol. The third kappa shape index (κ3) is 4.23. The topological polar surface area (TPSA) is 66.4 Å². The highest BCUT2D eigenvalue weighted by Crippen LogP contribution is 2.28. The molecule has 1 unspecified atom stereocenters. The number of nitrogens with one attached hydrogen (secondary N) is 2. The summed E-state index contributed by atoms with van der Waals surface area (Å²) in [7, 11) is 5.93. The Morgan fingerprint density at radius 1 is 1.04 bits per heavy atom. The third-order valence-corrected chi connectivity index (χ3v) is 4.88. The van der Waals surface area contributed by atoms with E-state index in [4.69, 9.17) is 0 Å². The molecular formula is C22H26N4O2. The minimum Gasteiger partial charge on any atom is -0.350 e. The second-order valence-electron chi connectivity index (χ2n) is 7.22. The molecule has 2 amide bonds. The molecule has 0 radical (unpaired) electrons. The van der Waals surface area contributed by atoms with Crippen LogP contribution >= 0.6 is 0 Å². The number of anilines is 1. The molecule has 0 fully saturated rings. The summed E-state index contributed by atoms with van der Waals surface area (Å²) in [4.78, 5) is 26.5. The molecule has 1 atom stereocenters. The van der Waals surface area contributed by atoms with E-state index in [0.717, 1.165) is 22.0 Å². The average molecular weight is 378 g/mol. The van der Waals surface area contributed by atoms with Crippen molar-refractivity contribution in [3.8, 4) is 0 Å². The number of carbonyl (C=O) groups is 2. The van der Waals surface area contributed by atoms with E-state index in [-0.39, 0.29) is 6.04 Å². The van der Waals surface area contributed by atoms with Crippen LogP contribution in [0.3, 0.4) is 0 Å². The van der Waals surface area contributed by atoms with Crippen molar-refractivity contribution in [2.45, 2.75) is 13.0 Å². The number of amides is 2. The van der Waals surface area contributed by atoms with Crippen LogP contribution in [0.15, 0.2) is 54.7 Å². The number of hydrogen-bond donors (Lipinski definition) is 2. The van der Waals surface area contributed by atoms with Gasteiger partial charge in [0.15, 0.2) is 0 Å². The van der Waals surface area contributed by atoms with Crippen molar-refractivity contribution in [2.24, 2.45) is 7.05 Å². The van der Waals surface area contributed by atoms with Crippen molar-refractivity contribution in [3.05, 3.63) is 65.9 Å². The van der Waals surface area contributed by atoms with Gasteiger partial charge < -0.3 is 20.1 Å². The summed E-state index contributed by atoms with van der Waals surface area (Å²) in [6.45, 7) is 2.30. The molecule has 6 nitrogen and oxygen atoms in total. The van der Waals surface area contributed by atoms with Gasteiger partial charge in [0.25, 0.3) is 0 Å². The molecule has 0 aliphatic heterocycles. The van der Waals surface area contributed by atoms with Gasteiger partial charge in [-0.3, -0.25) is 9.59 Å². The molecule has 28 heavy (non-hydrogen) atoms. The van der Waals surface area contributed by atoms with Crippen molar-refractivity contribution in [1.82, 2.24) is 14.8 Å². The first-order valence-electron chi connectivity index (χ1n) is 9.23. The Balaban J connectivity index is 1.70. The molecule has 2 aromatic carbocycles. The van der Waals surface area contributed by atoms with Gasteiger partial charge in [-0.25, -0.2) is 0 Å². The largest absolute Gasteiger partial charge is 0.350 e. The summed E-state index contributed by atoms with van der Waals surface area (Å²) >= 11 is 0. The fourth-order valence-corrected chi connectivity index (χ4v) is 3.30. The summed E-state index contributed by atoms with van der Waals surface area (Å²) in [5.74, 6) is -1.31. The number of aryl methyl sites for hydroxylation is 2. The fraction of sp³-hybridized carbons (Fsp3) is 0.273. The maximum absolute atomic E-state index is 12.3. The van der Waals surface area contributed by atoms with Crippen molar-refractivity contribution < 1.29 is 9.59 Å². The lowest BCUT2D eigenvalue weighted by Crippen LogP contribution is -2.40. The first-order valence-corrected chi connectivity index (χ1v) is 9.23. The molecule has 0 saturated heterocycles. The van der Waals surface area contributed by atoms with E-state index in [1.807, 2.05) is 57.2 Å². The van der Waals surface area contributed by atoms with Gasteiger partial charge in [0.1, 0.15) is 0 Å². The fourth-order valence-electron chi connectivity index (χ4n) is 3.30. The zero-order chi connectivity index (χ0) is 20.3. The van der Waals surface area contributed by atoms with Crippen LogP contribution in [0, 0.1) is 6.92 Å². The first kappa shape index (κ1) is 19.6. The minimum atomic E-state index is -0.667. The number of rotatable bonds is 5. The molecule has 3 rings (SSSR count). The van der Waals surface area contributed by atoms with Gasteiger partial charge in [0, 0.05) is 36.4 Å². The van der Waals surface area contributed by atoms with Crippen molar-refractivity contribution in [2.75, 3.05) is 26.0 Å². The molecule has 0 bridgehead atoms. The Kier molecular flexibility index (Phi) is 5.80. The number of aromatic nitrogens is 1. The van der Waals surface area contributed by atoms with Gasteiger partial charge in [-0.1, -0.05) is 35.9 Å². The van der Waals surface area contributed by atoms with Gasteiger partial charge >= 0.3 is 11.8 Å². The molecule has 2 N–H and O–H groups in total. The zero-order valence-electron chi connectivity index (χ0n) is 16.7. The van der Waals surface area contributed by atoms with Gasteiger partial charge in [-0.05, 0) is 44.8 Å². The number of fused-ring (bicyclic) bond motifs is 1. The van der Waals surface area contributed by atoms with Crippen LogP contribution < -0.4 is 10.6 Å². The second-order valence-corrected chi connectivity index (χ2v) is 7.22. The van der Waals surface area contributed by atoms with Crippen molar-refractivity contribution >= 4 is 28.4 Å². The van der Waals surface area contributed by atoms with Crippen molar-refractivity contribution in [1.29, 1.82) is 0 Å². The highest BCUT2D eigenvalue weighted by molar-refractivity contribution is 6.39. The molecule has 6 heteroatoms. The van der Waals surface area contributed by atoms with E-state index in [1.54, 1.807) is 12.1 Å². The highest BCUT2D eigenvalue weighted by Gasteiger charge is 2.22. The number of likely N-dealkylation sites (N-methyl/N-ethyl adjacent to an activating group) is 1. The molecule has 3 aromatic rings. The van der Waals surface area contributed by atoms with Crippen LogP contribution in [0.5, 0.6) is 0 Å². The summed E-state index contributed by atoms with van der Waals surface area (Å²) in [5, 5.41) is 6.53. The number of benzene rings is 2. The smallest absolute Gasteiger partial charge is 0.313 e. The zero-order valence-corrected chi connectivity index (χ0v) is 16.7. The Morgan fingerprint density at radius 2 is 1.71 bits per heavy atom. The van der Waals surface area contributed by atoms with Crippen LogP contribution in [0.25, 0.3) is 10.9 Å². The lowest BCUT2D eigenvalue weighted by atomic mass is 10.0. The summed E-state index contributed by atoms with van der Waals surface area (Å²) in [6, 6.07) is 15.4. The lowest BCUT2D eigenvalue weighted by molar-refractivity contribution is -0.136. The third-order valence-electron chi connectivity index (χ3n) is 4.88. The standard InChI is InChI=1S/C22H26N4O2/c1-15-9-11-16(12-10-15)24-22(28)21(27)23-13-20(25(2)3)18-14-26(4)19-8-6-5-7-17(18)19/h5-12,14,20H,13H2,1-4H3,(H,23,27)(H,24,28). The Morgan fingerprint density at radius 3 is 2.39 bits per heavy atom. The van der Waals surface area contributed by atoms with E-state index in [1.165, 1.54) is 0 Å². The molecule has 0 spiro atoms. The number of carbonyl (C=O) groups excluding carboxylic acids is 2. The maximum atomic E-state index is 12.3. The van der Waals surface area contributed by atoms with Crippen LogP contribution in [-0.4, -0.2) is 41.9 Å². The molecule has 1 aromatic heterocycles. The molecule has 146 valence electrons. The summed E-state index contributed by atoms with van der Waals surface area (Å²) in [6.07, 6.45) is 2.08. The molecular weight excluding hydrogens is 352 g/mol. The lowest BCUT2D eigenvalue weighted by Gasteiger charge is -2.24. The van der Waals surface area contributed by atoms with Gasteiger partial charge in [-0.15, -0.1) is 0 Å². The van der Waals surface area contributed by atoms with Gasteiger partial charge in [0.05, 0.1) is 6.04 Å². The first-order chi connectivity index (χ1) is 13.4. The van der Waals surface area contributed by atoms with E-state index >= 15 is 0 Å². The molecule has 0 saturated carbocycles. The Labute approximate surface area is 165 Å². The SMILES string of the molecule is Cc1ccc(NC(=O)C(=O)NCC(c2cn(C)c3ccccc23)N(C)C)cc1. The van der Waals surface area contributed by atoms with Crippen LogP contribution in [0.2, 0.25) is 0 Å². The molecule has 1 heterocycles. The quantitative estimate of drug-likeness (QED) is 0.671. The second kappa shape index (κ2) is 8.27. The predicted molar refractivity (Wildman–Crippen MR) is 112 cm³/mol. The molecule has 0 aliphatic carbocycles. The summed E-state index contributed by atoms with van der Waals surface area (Å²) < 4.78 is 2.08. The van der Waals surface area contributed by atoms with E-state index in [2.05, 4.69) is 33.5 Å². The van der Waals surface area contributed by atoms with Crippen LogP contribution in [0.1, 0.15) is 17.2 Å². The number of para-hydroxylation sites is 1. The highest BCUT2D eigenvalue weighted by atomic mass is 16.2. The van der Waals surface area contributed by atoms with Crippen molar-refractivity contribution in [3.63, 3.8) is 0 Å². The normalized spacial score (nSPS) is 12.2. The predicted octanol–water partition coefficient (Wildman–Crippen LogP) is 2.84. The maximum Gasteiger partial charge on any atom is 0.313 e. The van der Waals surface area contributed by atoms with E-state index in [9.17, 15) is 9.59 Å². The van der Waals surface area contributed by atoms with Gasteiger partial charge in [0.2, 0.25) is 0 Å². The molecule has 0 aliphatic rings. The Bertz CT molecular complexity index is 989. The van der Waals surface area contributed by atoms with E-state index < -0.39 is 11.8 Å². The number of hydrogen-bond acceptors (Lipinski definition) is 3. The summed E-state index contributed by atoms with van der Waals surface area (Å²) in [5.41, 5.74) is 3.94. The number of nitrogens with zero attached hydrogens (tertiary/aromatic N) is 2. The van der Waals surface area contributed by atoms with Crippen LogP contribution in [-0.2, 0) is 16.6 Å². The average Bonchev–Trinajstić information content (AvgIpc) is 3.00. The van der Waals surface area contributed by atoms with Gasteiger partial charge in [-0.2, -0.15) is 0 Å². The van der Waals surface area contributed by atoms with E-state index in [0.29, 0.717) is 12.2 Å². The van der Waals surface area contributed by atoms with Crippen LogP contribution in [0.4, 0.5) is 5.69 Å².